The summed E-state index contributed by atoms with van der Waals surface area (Å²) >= 11 is 0. The largest absolute Gasteiger partial charge is 0.481 e. The summed E-state index contributed by atoms with van der Waals surface area (Å²) in [6.45, 7) is 0.689. The highest BCUT2D eigenvalue weighted by Gasteiger charge is 2.29. The molecule has 0 spiro atoms. The van der Waals surface area contributed by atoms with Gasteiger partial charge in [-0.3, -0.25) is 9.59 Å². The molecule has 0 radical (unpaired) electrons. The Morgan fingerprint density at radius 3 is 2.03 bits per heavy atom. The fourth-order valence-electron chi connectivity index (χ4n) is 3.53. The molecule has 1 amide bonds. The van der Waals surface area contributed by atoms with E-state index >= 15 is 0 Å². The number of amides is 1. The number of carboxylic acid groups (broad SMARTS) is 1. The van der Waals surface area contributed by atoms with Crippen LogP contribution in [0.1, 0.15) is 31.2 Å². The second-order valence-electron chi connectivity index (χ2n) is 7.39. The van der Waals surface area contributed by atoms with Crippen LogP contribution in [-0.2, 0) is 20.7 Å². The highest BCUT2D eigenvalue weighted by Crippen LogP contribution is 2.30. The number of anilines is 1. The van der Waals surface area contributed by atoms with Gasteiger partial charge in [-0.1, -0.05) is 12.1 Å². The minimum atomic E-state index is -0.760. The highest BCUT2D eigenvalue weighted by molar-refractivity contribution is 5.92. The minimum absolute atomic E-state index is 0.0471. The minimum Gasteiger partial charge on any atom is -0.481 e. The summed E-state index contributed by atoms with van der Waals surface area (Å²) < 4.78 is 10.9. The first kappa shape index (κ1) is 20.9. The first-order chi connectivity index (χ1) is 14.0. The van der Waals surface area contributed by atoms with Crippen LogP contribution in [0.5, 0.6) is 11.5 Å². The summed E-state index contributed by atoms with van der Waals surface area (Å²) in [5.74, 6) is 0.189. The van der Waals surface area contributed by atoms with E-state index in [2.05, 4.69) is 5.32 Å². The zero-order chi connectivity index (χ0) is 20.6. The van der Waals surface area contributed by atoms with Crippen molar-refractivity contribution in [1.29, 1.82) is 0 Å². The van der Waals surface area contributed by atoms with Crippen molar-refractivity contribution in [2.24, 2.45) is 11.8 Å². The van der Waals surface area contributed by atoms with Gasteiger partial charge >= 0.3 is 5.97 Å². The average Bonchev–Trinajstić information content (AvgIpc) is 2.74. The first-order valence-corrected chi connectivity index (χ1v) is 9.94. The SMILES string of the molecule is COCCc1ccc(Oc2ccc(NC(=O)C3CCC(C(=O)O)CC3)cc2)cc1. The van der Waals surface area contributed by atoms with Gasteiger partial charge in [0.05, 0.1) is 12.5 Å². The molecule has 1 fully saturated rings. The normalized spacial score (nSPS) is 18.8. The van der Waals surface area contributed by atoms with Crippen LogP contribution in [0.25, 0.3) is 0 Å². The van der Waals surface area contributed by atoms with Crippen molar-refractivity contribution in [3.63, 3.8) is 0 Å². The maximum absolute atomic E-state index is 12.4. The van der Waals surface area contributed by atoms with Gasteiger partial charge in [-0.05, 0) is 74.1 Å². The molecule has 0 aliphatic heterocycles. The Balaban J connectivity index is 1.50. The number of nitrogens with one attached hydrogen (secondary N) is 1. The van der Waals surface area contributed by atoms with E-state index in [1.807, 2.05) is 48.5 Å². The maximum atomic E-state index is 12.4. The second kappa shape index (κ2) is 10.1. The van der Waals surface area contributed by atoms with E-state index in [-0.39, 0.29) is 17.7 Å². The summed E-state index contributed by atoms with van der Waals surface area (Å²) in [6.07, 6.45) is 3.22. The summed E-state index contributed by atoms with van der Waals surface area (Å²) in [7, 11) is 1.69. The lowest BCUT2D eigenvalue weighted by molar-refractivity contribution is -0.143. The Morgan fingerprint density at radius 1 is 0.931 bits per heavy atom. The predicted molar refractivity (Wildman–Crippen MR) is 110 cm³/mol. The number of carbonyl (C=O) groups is 2. The average molecular weight is 397 g/mol. The molecule has 2 N–H and O–H groups in total. The van der Waals surface area contributed by atoms with Crippen LogP contribution in [0.3, 0.4) is 0 Å². The molecule has 2 aromatic rings. The van der Waals surface area contributed by atoms with Crippen LogP contribution in [0.2, 0.25) is 0 Å². The van der Waals surface area contributed by atoms with Gasteiger partial charge < -0.3 is 19.9 Å². The molecule has 1 aliphatic carbocycles. The monoisotopic (exact) mass is 397 g/mol. The number of rotatable bonds is 8. The molecular weight excluding hydrogens is 370 g/mol. The van der Waals surface area contributed by atoms with Gasteiger partial charge in [0.2, 0.25) is 5.91 Å². The van der Waals surface area contributed by atoms with Gasteiger partial charge in [0.1, 0.15) is 11.5 Å². The lowest BCUT2D eigenvalue weighted by Crippen LogP contribution is -2.29. The zero-order valence-corrected chi connectivity index (χ0v) is 16.6. The molecule has 0 bridgehead atoms. The molecule has 154 valence electrons. The van der Waals surface area contributed by atoms with Crippen molar-refractivity contribution in [2.75, 3.05) is 19.0 Å². The summed E-state index contributed by atoms with van der Waals surface area (Å²) in [4.78, 5) is 23.5. The Hall–Kier alpha value is -2.86. The number of ether oxygens (including phenoxy) is 2. The van der Waals surface area contributed by atoms with Gasteiger partial charge in [-0.15, -0.1) is 0 Å². The van der Waals surface area contributed by atoms with Gasteiger partial charge in [-0.25, -0.2) is 0 Å². The Labute approximate surface area is 170 Å². The van der Waals surface area contributed by atoms with E-state index in [1.165, 1.54) is 5.56 Å². The lowest BCUT2D eigenvalue weighted by Gasteiger charge is -2.25. The molecule has 2 aromatic carbocycles. The van der Waals surface area contributed by atoms with Crippen LogP contribution in [0, 0.1) is 11.8 Å². The van der Waals surface area contributed by atoms with Gasteiger partial charge in [-0.2, -0.15) is 0 Å². The van der Waals surface area contributed by atoms with E-state index in [4.69, 9.17) is 14.6 Å². The molecule has 0 aromatic heterocycles. The Bertz CT molecular complexity index is 808. The maximum Gasteiger partial charge on any atom is 0.306 e. The van der Waals surface area contributed by atoms with E-state index in [1.54, 1.807) is 7.11 Å². The fourth-order valence-corrected chi connectivity index (χ4v) is 3.53. The number of aliphatic carboxylic acids is 1. The summed E-state index contributed by atoms with van der Waals surface area (Å²) in [6, 6.07) is 15.1. The number of carboxylic acids is 1. The second-order valence-corrected chi connectivity index (χ2v) is 7.39. The third-order valence-electron chi connectivity index (χ3n) is 5.32. The Kier molecular flexibility index (Phi) is 7.25. The van der Waals surface area contributed by atoms with Crippen molar-refractivity contribution in [1.82, 2.24) is 0 Å². The smallest absolute Gasteiger partial charge is 0.306 e. The van der Waals surface area contributed by atoms with Crippen LogP contribution < -0.4 is 10.1 Å². The number of carbonyl (C=O) groups excluding carboxylic acids is 1. The number of hydrogen-bond donors (Lipinski definition) is 2. The Morgan fingerprint density at radius 2 is 1.48 bits per heavy atom. The van der Waals surface area contributed by atoms with Gasteiger partial charge in [0, 0.05) is 18.7 Å². The number of methoxy groups -OCH3 is 1. The van der Waals surface area contributed by atoms with Crippen molar-refractivity contribution in [2.45, 2.75) is 32.1 Å². The van der Waals surface area contributed by atoms with Crippen molar-refractivity contribution in [3.8, 4) is 11.5 Å². The van der Waals surface area contributed by atoms with Crippen molar-refractivity contribution < 1.29 is 24.2 Å². The first-order valence-electron chi connectivity index (χ1n) is 9.94. The molecule has 6 nitrogen and oxygen atoms in total. The van der Waals surface area contributed by atoms with Gasteiger partial charge in [0.25, 0.3) is 0 Å². The van der Waals surface area contributed by atoms with Gasteiger partial charge in [0.15, 0.2) is 0 Å². The summed E-state index contributed by atoms with van der Waals surface area (Å²) in [5.41, 5.74) is 1.90. The third kappa shape index (κ3) is 6.06. The molecule has 29 heavy (non-hydrogen) atoms. The number of benzene rings is 2. The highest BCUT2D eigenvalue weighted by atomic mass is 16.5. The molecule has 6 heteroatoms. The predicted octanol–water partition coefficient (Wildman–Crippen LogP) is 4.50. The molecular formula is C23H27NO5. The fraction of sp³-hybridized carbons (Fsp3) is 0.391. The molecule has 0 saturated heterocycles. The van der Waals surface area contributed by atoms with E-state index in [9.17, 15) is 9.59 Å². The topological polar surface area (TPSA) is 84.9 Å². The molecule has 3 rings (SSSR count). The van der Waals surface area contributed by atoms with Crippen LogP contribution >= 0.6 is 0 Å². The zero-order valence-electron chi connectivity index (χ0n) is 16.6. The van der Waals surface area contributed by atoms with Crippen LogP contribution in [-0.4, -0.2) is 30.7 Å². The summed E-state index contributed by atoms with van der Waals surface area (Å²) in [5, 5.41) is 12.0. The quantitative estimate of drug-likeness (QED) is 0.685. The lowest BCUT2D eigenvalue weighted by atomic mass is 9.81. The standard InChI is InChI=1S/C23H27NO5/c1-28-15-14-16-2-10-20(11-3-16)29-21-12-8-19(9-13-21)24-22(25)17-4-6-18(7-5-17)23(26)27/h2-3,8-13,17-18H,4-7,14-15H2,1H3,(H,24,25)(H,26,27). The van der Waals surface area contributed by atoms with E-state index < -0.39 is 5.97 Å². The van der Waals surface area contributed by atoms with E-state index in [0.717, 1.165) is 12.2 Å². The molecule has 1 saturated carbocycles. The number of hydrogen-bond acceptors (Lipinski definition) is 4. The molecule has 1 aliphatic rings. The van der Waals surface area contributed by atoms with Crippen LogP contribution in [0.4, 0.5) is 5.69 Å². The molecule has 0 atom stereocenters. The third-order valence-corrected chi connectivity index (χ3v) is 5.32. The van der Waals surface area contributed by atoms with E-state index in [0.29, 0.717) is 43.7 Å². The molecule has 0 heterocycles. The van der Waals surface area contributed by atoms with Crippen molar-refractivity contribution >= 4 is 17.6 Å². The van der Waals surface area contributed by atoms with Crippen molar-refractivity contribution in [3.05, 3.63) is 54.1 Å². The van der Waals surface area contributed by atoms with Crippen LogP contribution in [0.15, 0.2) is 48.5 Å². The molecule has 0 unspecified atom stereocenters.